The van der Waals surface area contributed by atoms with Gasteiger partial charge >= 0.3 is 0 Å². The maximum atomic E-state index is 6.04. The Morgan fingerprint density at radius 3 is 2.91 bits per heavy atom. The van der Waals surface area contributed by atoms with Crippen LogP contribution in [0.2, 0.25) is 5.02 Å². The lowest BCUT2D eigenvalue weighted by molar-refractivity contribution is 0.375. The molecule has 0 aliphatic carbocycles. The van der Waals surface area contributed by atoms with Crippen LogP contribution in [0.15, 0.2) is 58.0 Å². The molecule has 1 unspecified atom stereocenters. The number of nitrogens with one attached hydrogen (secondary N) is 2. The Morgan fingerprint density at radius 2 is 2.12 bits per heavy atom. The third-order valence-corrected chi connectivity index (χ3v) is 5.37. The van der Waals surface area contributed by atoms with Crippen molar-refractivity contribution >= 4 is 47.2 Å². The number of hydrogen-bond acceptors (Lipinski definition) is 6. The molecular formula is C22H26ClIN6O2. The molecule has 4 rings (SSSR count). The second-order valence-corrected chi connectivity index (χ2v) is 7.63. The van der Waals surface area contributed by atoms with E-state index in [0.29, 0.717) is 29.2 Å². The van der Waals surface area contributed by atoms with Crippen molar-refractivity contribution in [1.29, 1.82) is 0 Å². The highest BCUT2D eigenvalue weighted by atomic mass is 127. The fraction of sp³-hybridized carbons (Fsp3) is 0.318. The Morgan fingerprint density at radius 1 is 1.28 bits per heavy atom. The van der Waals surface area contributed by atoms with Crippen LogP contribution in [0.25, 0.3) is 11.4 Å². The van der Waals surface area contributed by atoms with Crippen LogP contribution >= 0.6 is 35.6 Å². The highest BCUT2D eigenvalue weighted by Gasteiger charge is 2.25. The number of aliphatic imine (C=N–C) groups is 1. The van der Waals surface area contributed by atoms with E-state index in [4.69, 9.17) is 20.9 Å². The molecule has 0 bridgehead atoms. The summed E-state index contributed by atoms with van der Waals surface area (Å²) in [5.41, 5.74) is 1.92. The summed E-state index contributed by atoms with van der Waals surface area (Å²) in [7, 11) is 3.44. The molecule has 0 saturated carbocycles. The van der Waals surface area contributed by atoms with Crippen molar-refractivity contribution in [3.63, 3.8) is 0 Å². The molecule has 2 heterocycles. The first-order chi connectivity index (χ1) is 15.2. The number of rotatable bonds is 6. The quantitative estimate of drug-likeness (QED) is 0.264. The van der Waals surface area contributed by atoms with Gasteiger partial charge < -0.3 is 24.8 Å². The molecule has 1 aliphatic rings. The lowest BCUT2D eigenvalue weighted by atomic mass is 10.2. The van der Waals surface area contributed by atoms with Gasteiger partial charge in [-0.1, -0.05) is 41.0 Å². The number of aromatic nitrogens is 2. The van der Waals surface area contributed by atoms with Gasteiger partial charge in [0.15, 0.2) is 5.96 Å². The van der Waals surface area contributed by atoms with Crippen molar-refractivity contribution < 1.29 is 9.26 Å². The Bertz CT molecular complexity index is 1060. The zero-order valence-corrected chi connectivity index (χ0v) is 21.0. The molecule has 3 aromatic rings. The van der Waals surface area contributed by atoms with Crippen LogP contribution in [0, 0.1) is 0 Å². The van der Waals surface area contributed by atoms with E-state index in [-0.39, 0.29) is 30.0 Å². The average Bonchev–Trinajstić information content (AvgIpc) is 3.46. The van der Waals surface area contributed by atoms with E-state index in [2.05, 4.69) is 36.7 Å². The molecular weight excluding hydrogens is 543 g/mol. The van der Waals surface area contributed by atoms with Gasteiger partial charge in [0.1, 0.15) is 5.75 Å². The minimum Gasteiger partial charge on any atom is -0.495 e. The van der Waals surface area contributed by atoms with Gasteiger partial charge in [-0.15, -0.1) is 24.0 Å². The molecule has 8 nitrogen and oxygen atoms in total. The van der Waals surface area contributed by atoms with Gasteiger partial charge in [-0.25, -0.2) is 0 Å². The lowest BCUT2D eigenvalue weighted by Crippen LogP contribution is -2.44. The number of methoxy groups -OCH3 is 1. The Hall–Kier alpha value is -2.53. The number of ether oxygens (including phenoxy) is 1. The van der Waals surface area contributed by atoms with Gasteiger partial charge in [-0.2, -0.15) is 4.98 Å². The number of hydrogen-bond donors (Lipinski definition) is 2. The predicted molar refractivity (Wildman–Crippen MR) is 137 cm³/mol. The van der Waals surface area contributed by atoms with E-state index >= 15 is 0 Å². The molecule has 1 aliphatic heterocycles. The molecule has 2 N–H and O–H groups in total. The van der Waals surface area contributed by atoms with Crippen molar-refractivity contribution in [1.82, 2.24) is 20.8 Å². The van der Waals surface area contributed by atoms with Crippen LogP contribution in [0.4, 0.5) is 5.69 Å². The zero-order valence-electron chi connectivity index (χ0n) is 17.9. The summed E-state index contributed by atoms with van der Waals surface area (Å²) in [5, 5.41) is 11.4. The largest absolute Gasteiger partial charge is 0.495 e. The molecule has 1 fully saturated rings. The zero-order chi connectivity index (χ0) is 21.6. The van der Waals surface area contributed by atoms with Crippen molar-refractivity contribution in [3.8, 4) is 17.1 Å². The van der Waals surface area contributed by atoms with Crippen LogP contribution in [0.1, 0.15) is 12.3 Å². The number of nitrogens with zero attached hydrogens (tertiary/aromatic N) is 4. The fourth-order valence-electron chi connectivity index (χ4n) is 3.61. The van der Waals surface area contributed by atoms with E-state index in [9.17, 15) is 0 Å². The van der Waals surface area contributed by atoms with Gasteiger partial charge in [-0.3, -0.25) is 4.99 Å². The third-order valence-electron chi connectivity index (χ3n) is 5.14. The summed E-state index contributed by atoms with van der Waals surface area (Å²) in [6.45, 7) is 2.18. The Kier molecular flexibility index (Phi) is 8.57. The van der Waals surface area contributed by atoms with Crippen molar-refractivity contribution in [3.05, 3.63) is 59.4 Å². The maximum absolute atomic E-state index is 6.04. The number of guanidine groups is 1. The van der Waals surface area contributed by atoms with Gasteiger partial charge in [0, 0.05) is 36.8 Å². The fourth-order valence-corrected chi connectivity index (χ4v) is 3.80. The van der Waals surface area contributed by atoms with E-state index in [1.54, 1.807) is 26.3 Å². The van der Waals surface area contributed by atoms with Crippen LogP contribution in [-0.2, 0) is 6.54 Å². The van der Waals surface area contributed by atoms with Gasteiger partial charge in [0.05, 0.1) is 19.3 Å². The molecule has 0 radical (unpaired) electrons. The van der Waals surface area contributed by atoms with Crippen molar-refractivity contribution in [2.24, 2.45) is 4.99 Å². The van der Waals surface area contributed by atoms with Crippen LogP contribution in [0.3, 0.4) is 0 Å². The molecule has 32 heavy (non-hydrogen) atoms. The Labute approximate surface area is 209 Å². The highest BCUT2D eigenvalue weighted by molar-refractivity contribution is 14.0. The average molecular weight is 569 g/mol. The normalized spacial score (nSPS) is 15.9. The summed E-state index contributed by atoms with van der Waals surface area (Å²) >= 11 is 6.04. The van der Waals surface area contributed by atoms with E-state index < -0.39 is 0 Å². The first-order valence-electron chi connectivity index (χ1n) is 10.1. The molecule has 0 spiro atoms. The SMILES string of the molecule is CN=C(NCc1nc(-c2cccc(Cl)c2)no1)NC1CCN(c2ccccc2OC)C1.I. The minimum absolute atomic E-state index is 0. The molecule has 1 saturated heterocycles. The van der Waals surface area contributed by atoms with E-state index in [1.807, 2.05) is 30.3 Å². The number of para-hydroxylation sites is 2. The van der Waals surface area contributed by atoms with E-state index in [0.717, 1.165) is 36.5 Å². The van der Waals surface area contributed by atoms with Gasteiger partial charge in [-0.05, 0) is 30.7 Å². The molecule has 10 heteroatoms. The highest BCUT2D eigenvalue weighted by Crippen LogP contribution is 2.30. The first kappa shape index (κ1) is 24.1. The van der Waals surface area contributed by atoms with Crippen LogP contribution in [0.5, 0.6) is 5.75 Å². The second-order valence-electron chi connectivity index (χ2n) is 7.20. The standard InChI is InChI=1S/C22H25ClN6O2.HI/c1-24-22(25-13-20-27-21(28-31-20)15-6-5-7-16(23)12-15)26-17-10-11-29(14-17)18-8-3-4-9-19(18)30-2;/h3-9,12,17H,10-11,13-14H2,1-2H3,(H2,24,25,26);1H. The smallest absolute Gasteiger partial charge is 0.246 e. The van der Waals surface area contributed by atoms with Crippen molar-refractivity contribution in [2.75, 3.05) is 32.1 Å². The maximum Gasteiger partial charge on any atom is 0.246 e. The monoisotopic (exact) mass is 568 g/mol. The molecule has 2 aromatic carbocycles. The number of anilines is 1. The van der Waals surface area contributed by atoms with Crippen LogP contribution in [-0.4, -0.2) is 49.4 Å². The van der Waals surface area contributed by atoms with Gasteiger partial charge in [0.2, 0.25) is 11.7 Å². The predicted octanol–water partition coefficient (Wildman–Crippen LogP) is 3.96. The van der Waals surface area contributed by atoms with Crippen molar-refractivity contribution in [2.45, 2.75) is 19.0 Å². The summed E-state index contributed by atoms with van der Waals surface area (Å²) in [5.74, 6) is 2.55. The molecule has 1 atom stereocenters. The Balaban J connectivity index is 0.00000289. The minimum atomic E-state index is 0. The summed E-state index contributed by atoms with van der Waals surface area (Å²) in [4.78, 5) is 11.1. The lowest BCUT2D eigenvalue weighted by Gasteiger charge is -2.22. The molecule has 1 aromatic heterocycles. The summed E-state index contributed by atoms with van der Waals surface area (Å²) in [6.07, 6.45) is 0.998. The van der Waals surface area contributed by atoms with E-state index in [1.165, 1.54) is 0 Å². The second kappa shape index (κ2) is 11.4. The van der Waals surface area contributed by atoms with Gasteiger partial charge in [0.25, 0.3) is 0 Å². The molecule has 170 valence electrons. The summed E-state index contributed by atoms with van der Waals surface area (Å²) in [6, 6.07) is 15.7. The topological polar surface area (TPSA) is 87.8 Å². The number of benzene rings is 2. The summed E-state index contributed by atoms with van der Waals surface area (Å²) < 4.78 is 10.8. The third kappa shape index (κ3) is 5.83. The van der Waals surface area contributed by atoms with Crippen LogP contribution < -0.4 is 20.3 Å². The molecule has 0 amide bonds. The number of halogens is 2. The first-order valence-corrected chi connectivity index (χ1v) is 10.5.